The predicted molar refractivity (Wildman–Crippen MR) is 283 cm³/mol. The van der Waals surface area contributed by atoms with Crippen LogP contribution in [0.25, 0.3) is 0 Å². The number of hydrogen-bond donors (Lipinski definition) is 0. The van der Waals surface area contributed by atoms with E-state index in [4.69, 9.17) is 0 Å². The monoisotopic (exact) mass is 805 g/mol. The molecule has 0 aromatic rings. The molecule has 0 aromatic heterocycles. The Morgan fingerprint density at radius 1 is 0.638 bits per heavy atom. The van der Waals surface area contributed by atoms with E-state index in [-0.39, 0.29) is 7.43 Å². The zero-order valence-corrected chi connectivity index (χ0v) is 41.2. The van der Waals surface area contributed by atoms with Crippen LogP contribution >= 0.6 is 0 Å². The molecule has 0 saturated heterocycles. The summed E-state index contributed by atoms with van der Waals surface area (Å²) in [6, 6.07) is 0. The van der Waals surface area contributed by atoms with Gasteiger partial charge in [-0.15, -0.1) is 39.5 Å². The molecule has 0 spiro atoms. The van der Waals surface area contributed by atoms with Crippen molar-refractivity contribution in [1.82, 2.24) is 0 Å². The average Bonchev–Trinajstić information content (AvgIpc) is 3.98. The van der Waals surface area contributed by atoms with Crippen molar-refractivity contribution in [3.63, 3.8) is 0 Å². The highest BCUT2D eigenvalue weighted by Crippen LogP contribution is 2.44. The second-order valence-electron chi connectivity index (χ2n) is 12.7. The predicted octanol–water partition coefficient (Wildman–Crippen LogP) is 21.5. The molecule has 0 amide bonds. The van der Waals surface area contributed by atoms with Crippen LogP contribution in [0.2, 0.25) is 0 Å². The van der Waals surface area contributed by atoms with E-state index < -0.39 is 0 Å². The molecule has 4 aliphatic rings. The van der Waals surface area contributed by atoms with Crippen LogP contribution in [0.3, 0.4) is 0 Å². The van der Waals surface area contributed by atoms with Crippen molar-refractivity contribution in [3.8, 4) is 0 Å². The van der Waals surface area contributed by atoms with Crippen LogP contribution in [0, 0.1) is 17.8 Å². The van der Waals surface area contributed by atoms with Crippen LogP contribution in [-0.4, -0.2) is 0 Å². The van der Waals surface area contributed by atoms with Gasteiger partial charge in [0.15, 0.2) is 0 Å². The van der Waals surface area contributed by atoms with Crippen molar-refractivity contribution >= 4 is 0 Å². The first-order valence-electron chi connectivity index (χ1n) is 23.5. The maximum atomic E-state index is 3.00. The number of hydrogen-bond acceptors (Lipinski definition) is 0. The molecule has 0 aliphatic heterocycles. The van der Waals surface area contributed by atoms with Crippen molar-refractivity contribution in [2.45, 2.75) is 207 Å². The third-order valence-corrected chi connectivity index (χ3v) is 8.35. The molecule has 58 heavy (non-hydrogen) atoms. The van der Waals surface area contributed by atoms with Gasteiger partial charge in [-0.25, -0.2) is 0 Å². The molecule has 0 saturated carbocycles. The van der Waals surface area contributed by atoms with E-state index >= 15 is 0 Å². The summed E-state index contributed by atoms with van der Waals surface area (Å²) in [6.07, 6.45) is 58.2. The topological polar surface area (TPSA) is 0 Å². The molecule has 3 unspecified atom stereocenters. The molecule has 0 aromatic carbocycles. The lowest BCUT2D eigenvalue weighted by Gasteiger charge is -2.25. The van der Waals surface area contributed by atoms with Gasteiger partial charge in [-0.1, -0.05) is 211 Å². The first-order chi connectivity index (χ1) is 28.1. The summed E-state index contributed by atoms with van der Waals surface area (Å²) in [5.41, 5.74) is 3.46. The van der Waals surface area contributed by atoms with Gasteiger partial charge in [0, 0.05) is 0 Å². The Balaban J connectivity index is -0.0000000991. The highest BCUT2D eigenvalue weighted by molar-refractivity contribution is 5.28. The summed E-state index contributed by atoms with van der Waals surface area (Å²) >= 11 is 0. The van der Waals surface area contributed by atoms with Crippen molar-refractivity contribution < 1.29 is 0 Å². The maximum Gasteiger partial charge on any atom is -0.00995 e. The molecule has 4 rings (SSSR count). The summed E-state index contributed by atoms with van der Waals surface area (Å²) < 4.78 is 0. The van der Waals surface area contributed by atoms with Crippen LogP contribution in [0.1, 0.15) is 207 Å². The van der Waals surface area contributed by atoms with Crippen LogP contribution in [0.15, 0.2) is 148 Å². The Morgan fingerprint density at radius 3 is 1.50 bits per heavy atom. The van der Waals surface area contributed by atoms with E-state index in [1.807, 2.05) is 91.8 Å². The Bertz CT molecular complexity index is 943. The van der Waals surface area contributed by atoms with Gasteiger partial charge in [0.05, 0.1) is 0 Å². The van der Waals surface area contributed by atoms with Gasteiger partial charge in [0.1, 0.15) is 0 Å². The number of rotatable bonds is 11. The Morgan fingerprint density at radius 2 is 1.16 bits per heavy atom. The lowest BCUT2D eigenvalue weighted by atomic mass is 9.79. The molecule has 4 aliphatic carbocycles. The van der Waals surface area contributed by atoms with E-state index in [2.05, 4.69) is 135 Å². The van der Waals surface area contributed by atoms with E-state index in [1.54, 1.807) is 11.1 Å². The summed E-state index contributed by atoms with van der Waals surface area (Å²) in [4.78, 5) is 0. The Labute approximate surface area is 370 Å². The van der Waals surface area contributed by atoms with Crippen molar-refractivity contribution in [1.29, 1.82) is 0 Å². The molecule has 340 valence electrons. The third kappa shape index (κ3) is 55.0. The van der Waals surface area contributed by atoms with E-state index in [9.17, 15) is 0 Å². The fraction of sp³-hybridized carbons (Fsp3) is 0.586. The summed E-state index contributed by atoms with van der Waals surface area (Å²) in [7, 11) is 0. The van der Waals surface area contributed by atoms with Gasteiger partial charge in [0.2, 0.25) is 0 Å². The molecule has 0 radical (unpaired) electrons. The normalized spacial score (nSPS) is 17.5. The Kier molecular flexibility index (Phi) is 93.5. The molecular weight excluding hydrogens is 697 g/mol. The van der Waals surface area contributed by atoms with E-state index in [0.717, 1.165) is 17.8 Å². The number of allylic oxidation sites excluding steroid dienone is 18. The van der Waals surface area contributed by atoms with Crippen LogP contribution in [-0.2, 0) is 0 Å². The first-order valence-corrected chi connectivity index (χ1v) is 23.5. The SMILES string of the molecule is C.C/C=C\CCCC1=CC(CC2C=CCC2)C(C2=CC=CCC2)C1.C1=CCCCC1.C=C.C=C.C=C.CC.CC.CC.CCC.CCCCC.C\C=C/C=C/C=C\C. The van der Waals surface area contributed by atoms with Gasteiger partial charge in [-0.3, -0.25) is 0 Å². The van der Waals surface area contributed by atoms with Gasteiger partial charge in [-0.2, -0.15) is 0 Å². The minimum atomic E-state index is 0. The van der Waals surface area contributed by atoms with Gasteiger partial charge in [-0.05, 0) is 122 Å². The number of unbranched alkanes of at least 4 members (excludes halogenated alkanes) is 3. The summed E-state index contributed by atoms with van der Waals surface area (Å²) in [5.74, 6) is 2.42. The van der Waals surface area contributed by atoms with Crippen molar-refractivity contribution in [2.75, 3.05) is 0 Å². The Hall–Kier alpha value is -3.12. The summed E-state index contributed by atoms with van der Waals surface area (Å²) in [5, 5.41) is 0. The minimum Gasteiger partial charge on any atom is -0.106 e. The fourth-order valence-corrected chi connectivity index (χ4v) is 5.99. The highest BCUT2D eigenvalue weighted by Gasteiger charge is 2.31. The molecular formula is C58H108. The lowest BCUT2D eigenvalue weighted by Crippen LogP contribution is -2.15. The van der Waals surface area contributed by atoms with Gasteiger partial charge < -0.3 is 0 Å². The van der Waals surface area contributed by atoms with Crippen LogP contribution < -0.4 is 0 Å². The zero-order chi connectivity index (χ0) is 45.2. The molecule has 0 nitrogen and oxygen atoms in total. The maximum absolute atomic E-state index is 3.00. The van der Waals surface area contributed by atoms with E-state index in [1.165, 1.54) is 109 Å². The van der Waals surface area contributed by atoms with Crippen LogP contribution in [0.4, 0.5) is 0 Å². The van der Waals surface area contributed by atoms with Gasteiger partial charge >= 0.3 is 0 Å². The largest absolute Gasteiger partial charge is 0.106 e. The second kappa shape index (κ2) is 74.8. The molecule has 0 bridgehead atoms. The molecule has 0 fully saturated rings. The third-order valence-electron chi connectivity index (χ3n) is 8.35. The van der Waals surface area contributed by atoms with Crippen molar-refractivity contribution in [2.24, 2.45) is 17.8 Å². The highest BCUT2D eigenvalue weighted by atomic mass is 14.4. The smallest absolute Gasteiger partial charge is 0.00995 e. The molecule has 3 atom stereocenters. The van der Waals surface area contributed by atoms with E-state index in [0.29, 0.717) is 0 Å². The quantitative estimate of drug-likeness (QED) is 0.111. The minimum absolute atomic E-state index is 0. The first kappa shape index (κ1) is 72.5. The molecule has 0 heterocycles. The lowest BCUT2D eigenvalue weighted by molar-refractivity contribution is 0.389. The molecule has 0 heteroatoms. The van der Waals surface area contributed by atoms with Crippen molar-refractivity contribution in [3.05, 3.63) is 148 Å². The van der Waals surface area contributed by atoms with Crippen LogP contribution in [0.5, 0.6) is 0 Å². The second-order valence-corrected chi connectivity index (χ2v) is 12.7. The molecule has 0 N–H and O–H groups in total. The average molecular weight is 806 g/mol. The fourth-order valence-electron chi connectivity index (χ4n) is 5.99. The zero-order valence-electron chi connectivity index (χ0n) is 41.2. The standard InChI is InChI=1S/C23H32.C8H12.C6H10.C5H12.C3H8.3C2H6.3C2H4.CH4/c1-2-3-4-6-13-20-17-22(16-19-11-9-10-12-19)23(18-20)21-14-7-5-8-15-21;1-3-5-7-8-6-4-2;1-2-4-6-5-3-1;1-3-5-4-2;1-3-2;6*1-2;/h2-3,5,7,9,11,14,17,19,22-23H,4,6,8,10,12-13,15-16,18H2,1H3;3-8H,1-2H3;1-2H,3-6H2;3-5H2,1-2H3;3H2,1-2H3;3*1-2H3;3*1-2H2;1H4/b3-2-;5-3-,6-4-,8-7+;;;;;;;;;;. The van der Waals surface area contributed by atoms with Gasteiger partial charge in [0.25, 0.3) is 0 Å². The summed E-state index contributed by atoms with van der Waals surface area (Å²) in [6.45, 7) is 44.8.